The van der Waals surface area contributed by atoms with Crippen molar-refractivity contribution in [3.63, 3.8) is 0 Å². The van der Waals surface area contributed by atoms with Crippen molar-refractivity contribution in [2.75, 3.05) is 6.54 Å². The van der Waals surface area contributed by atoms with Crippen molar-refractivity contribution in [2.45, 2.75) is 45.3 Å². The number of hydrogen-bond acceptors (Lipinski definition) is 3. The number of nitrogens with one attached hydrogen (secondary N) is 1. The first-order chi connectivity index (χ1) is 6.54. The lowest BCUT2D eigenvalue weighted by Gasteiger charge is -2.25. The highest BCUT2D eigenvalue weighted by Crippen LogP contribution is 2.11. The van der Waals surface area contributed by atoms with Crippen LogP contribution < -0.4 is 11.1 Å². The predicted molar refractivity (Wildman–Crippen MR) is 52.8 cm³/mol. The molecule has 1 atom stereocenters. The Bertz CT molecular complexity index is 225. The molecule has 0 aromatic carbocycles. The zero-order valence-electron chi connectivity index (χ0n) is 9.43. The second-order valence-corrected chi connectivity index (χ2v) is 4.66. The molecule has 0 aromatic heterocycles. The van der Waals surface area contributed by atoms with E-state index in [4.69, 9.17) is 10.5 Å². The number of rotatable bonds is 3. The molecule has 6 heteroatoms. The first kappa shape index (κ1) is 14.1. The Morgan fingerprint density at radius 3 is 2.20 bits per heavy atom. The van der Waals surface area contributed by atoms with E-state index in [0.717, 1.165) is 6.92 Å². The summed E-state index contributed by atoms with van der Waals surface area (Å²) in [6.07, 6.45) is -3.45. The van der Waals surface area contributed by atoms with Crippen LogP contribution in [0.3, 0.4) is 0 Å². The summed E-state index contributed by atoms with van der Waals surface area (Å²) in [5, 5.41) is 2.19. The number of halogens is 2. The third-order valence-corrected chi connectivity index (χ3v) is 1.51. The number of ether oxygens (including phenoxy) is 1. The summed E-state index contributed by atoms with van der Waals surface area (Å²) >= 11 is 0. The Morgan fingerprint density at radius 2 is 1.87 bits per heavy atom. The van der Waals surface area contributed by atoms with Gasteiger partial charge in [-0.15, -0.1) is 0 Å². The number of carbonyl (C=O) groups excluding carboxylic acids is 1. The molecule has 0 spiro atoms. The molecule has 3 N–H and O–H groups in total. The van der Waals surface area contributed by atoms with Gasteiger partial charge in [-0.1, -0.05) is 0 Å². The van der Waals surface area contributed by atoms with E-state index >= 15 is 0 Å². The topological polar surface area (TPSA) is 64.3 Å². The van der Waals surface area contributed by atoms with Gasteiger partial charge in [0.1, 0.15) is 5.60 Å². The van der Waals surface area contributed by atoms with Crippen molar-refractivity contribution in [1.82, 2.24) is 5.32 Å². The van der Waals surface area contributed by atoms with Gasteiger partial charge in [0, 0.05) is 6.54 Å². The molecule has 15 heavy (non-hydrogen) atoms. The van der Waals surface area contributed by atoms with Gasteiger partial charge in [0.15, 0.2) is 0 Å². The zero-order chi connectivity index (χ0) is 12.3. The summed E-state index contributed by atoms with van der Waals surface area (Å²) in [7, 11) is 0. The second kappa shape index (κ2) is 4.74. The molecule has 1 amide bonds. The molecular formula is C9H18F2N2O2. The third-order valence-electron chi connectivity index (χ3n) is 1.51. The van der Waals surface area contributed by atoms with E-state index in [2.05, 4.69) is 5.32 Å². The number of amides is 1. The van der Waals surface area contributed by atoms with E-state index in [1.165, 1.54) is 0 Å². The van der Waals surface area contributed by atoms with Crippen LogP contribution >= 0.6 is 0 Å². The van der Waals surface area contributed by atoms with Crippen molar-refractivity contribution in [3.05, 3.63) is 0 Å². The van der Waals surface area contributed by atoms with Crippen LogP contribution in [0.4, 0.5) is 13.6 Å². The van der Waals surface area contributed by atoms with Crippen LogP contribution in [0.25, 0.3) is 0 Å². The van der Waals surface area contributed by atoms with Crippen molar-refractivity contribution < 1.29 is 18.3 Å². The predicted octanol–water partition coefficient (Wildman–Crippen LogP) is 1.49. The highest BCUT2D eigenvalue weighted by atomic mass is 19.3. The summed E-state index contributed by atoms with van der Waals surface area (Å²) in [6.45, 7) is 5.87. The van der Waals surface area contributed by atoms with Crippen LogP contribution in [0.15, 0.2) is 0 Å². The molecule has 0 heterocycles. The Kier molecular flexibility index (Phi) is 4.45. The summed E-state index contributed by atoms with van der Waals surface area (Å²) in [4.78, 5) is 11.1. The normalized spacial score (nSPS) is 16.0. The molecule has 0 bridgehead atoms. The zero-order valence-corrected chi connectivity index (χ0v) is 9.43. The van der Waals surface area contributed by atoms with Gasteiger partial charge in [0.05, 0.1) is 5.54 Å². The first-order valence-electron chi connectivity index (χ1n) is 4.58. The molecule has 0 aromatic rings. The van der Waals surface area contributed by atoms with Gasteiger partial charge in [0.2, 0.25) is 0 Å². The Morgan fingerprint density at radius 1 is 1.40 bits per heavy atom. The van der Waals surface area contributed by atoms with Crippen molar-refractivity contribution in [2.24, 2.45) is 5.73 Å². The Hall–Kier alpha value is -0.910. The van der Waals surface area contributed by atoms with Crippen LogP contribution in [-0.4, -0.2) is 30.2 Å². The summed E-state index contributed by atoms with van der Waals surface area (Å²) < 4.78 is 29.4. The fraction of sp³-hybridized carbons (Fsp3) is 0.889. The van der Waals surface area contributed by atoms with Gasteiger partial charge in [-0.3, -0.25) is 0 Å². The maximum absolute atomic E-state index is 12.3. The highest BCUT2D eigenvalue weighted by molar-refractivity contribution is 5.67. The standard InChI is InChI=1S/C9H18F2N2O2/c1-8(2,3)15-7(14)13-5-9(4,12)6(10)11/h6H,5,12H2,1-4H3,(H,13,14). The van der Waals surface area contributed by atoms with Crippen LogP contribution in [-0.2, 0) is 4.74 Å². The lowest BCUT2D eigenvalue weighted by atomic mass is 10.1. The molecule has 0 aliphatic rings. The number of carbonyl (C=O) groups is 1. The Balaban J connectivity index is 4.02. The SMILES string of the molecule is CC(C)(C)OC(=O)NCC(C)(N)C(F)F. The molecule has 0 fully saturated rings. The quantitative estimate of drug-likeness (QED) is 0.763. The van der Waals surface area contributed by atoms with Gasteiger partial charge in [-0.2, -0.15) is 0 Å². The van der Waals surface area contributed by atoms with Crippen LogP contribution in [0, 0.1) is 0 Å². The van der Waals surface area contributed by atoms with E-state index in [9.17, 15) is 13.6 Å². The molecule has 0 aliphatic heterocycles. The van der Waals surface area contributed by atoms with E-state index in [1.54, 1.807) is 20.8 Å². The maximum atomic E-state index is 12.3. The van der Waals surface area contributed by atoms with Crippen molar-refractivity contribution in [3.8, 4) is 0 Å². The summed E-state index contributed by atoms with van der Waals surface area (Å²) in [5.41, 5.74) is 2.86. The minimum absolute atomic E-state index is 0.334. The van der Waals surface area contributed by atoms with Gasteiger partial charge in [-0.05, 0) is 27.7 Å². The fourth-order valence-electron chi connectivity index (χ4n) is 0.654. The van der Waals surface area contributed by atoms with E-state index in [0.29, 0.717) is 0 Å². The van der Waals surface area contributed by atoms with E-state index in [1.807, 2.05) is 0 Å². The van der Waals surface area contributed by atoms with E-state index in [-0.39, 0.29) is 6.54 Å². The van der Waals surface area contributed by atoms with Crippen LogP contribution in [0.2, 0.25) is 0 Å². The molecule has 0 aliphatic carbocycles. The van der Waals surface area contributed by atoms with E-state index < -0.39 is 23.7 Å². The van der Waals surface area contributed by atoms with Gasteiger partial charge in [-0.25, -0.2) is 13.6 Å². The van der Waals surface area contributed by atoms with Crippen LogP contribution in [0.1, 0.15) is 27.7 Å². The number of alkyl halides is 2. The lowest BCUT2D eigenvalue weighted by molar-refractivity contribution is 0.0410. The van der Waals surface area contributed by atoms with Crippen LogP contribution in [0.5, 0.6) is 0 Å². The monoisotopic (exact) mass is 224 g/mol. The molecule has 0 radical (unpaired) electrons. The third kappa shape index (κ3) is 6.22. The number of alkyl carbamates (subject to hydrolysis) is 1. The molecule has 1 unspecified atom stereocenters. The lowest BCUT2D eigenvalue weighted by Crippen LogP contribution is -2.53. The summed E-state index contributed by atoms with van der Waals surface area (Å²) in [6, 6.07) is 0. The maximum Gasteiger partial charge on any atom is 0.407 e. The molecule has 4 nitrogen and oxygen atoms in total. The fourth-order valence-corrected chi connectivity index (χ4v) is 0.654. The molecule has 0 saturated carbocycles. The van der Waals surface area contributed by atoms with Crippen molar-refractivity contribution >= 4 is 6.09 Å². The van der Waals surface area contributed by atoms with Gasteiger partial charge in [0.25, 0.3) is 6.43 Å². The molecule has 0 rings (SSSR count). The van der Waals surface area contributed by atoms with Crippen molar-refractivity contribution in [1.29, 1.82) is 0 Å². The number of hydrogen-bond donors (Lipinski definition) is 2. The minimum Gasteiger partial charge on any atom is -0.444 e. The minimum atomic E-state index is -2.70. The second-order valence-electron chi connectivity index (χ2n) is 4.66. The molecule has 90 valence electrons. The Labute approximate surface area is 88.2 Å². The first-order valence-corrected chi connectivity index (χ1v) is 4.58. The average Bonchev–Trinajstić information content (AvgIpc) is 1.97. The largest absolute Gasteiger partial charge is 0.444 e. The molecular weight excluding hydrogens is 206 g/mol. The number of nitrogens with two attached hydrogens (primary N) is 1. The highest BCUT2D eigenvalue weighted by Gasteiger charge is 2.31. The van der Waals surface area contributed by atoms with Gasteiger partial charge < -0.3 is 15.8 Å². The smallest absolute Gasteiger partial charge is 0.407 e. The molecule has 0 saturated heterocycles. The average molecular weight is 224 g/mol. The summed E-state index contributed by atoms with van der Waals surface area (Å²) in [5.74, 6) is 0. The van der Waals surface area contributed by atoms with Gasteiger partial charge >= 0.3 is 6.09 Å².